The molecular weight excluding hydrogens is 1340 g/mol. The molecule has 0 aliphatic carbocycles. The minimum atomic E-state index is -4.96. The van der Waals surface area contributed by atoms with Crippen LogP contribution >= 0.6 is 15.6 Å². The van der Waals surface area contributed by atoms with Crippen LogP contribution in [0.15, 0.2) is 0 Å². The van der Waals surface area contributed by atoms with E-state index in [9.17, 15) is 43.2 Å². The van der Waals surface area contributed by atoms with Gasteiger partial charge in [0.05, 0.1) is 26.4 Å². The van der Waals surface area contributed by atoms with Crippen LogP contribution in [0.2, 0.25) is 0 Å². The van der Waals surface area contributed by atoms with Gasteiger partial charge in [0.2, 0.25) is 0 Å². The Hall–Kier alpha value is -1.94. The fraction of sp³-hybridized carbons (Fsp3) is 0.952. The summed E-state index contributed by atoms with van der Waals surface area (Å²) >= 11 is 0. The lowest BCUT2D eigenvalue weighted by molar-refractivity contribution is -0.161. The highest BCUT2D eigenvalue weighted by Crippen LogP contribution is 2.45. The van der Waals surface area contributed by atoms with Gasteiger partial charge in [-0.1, -0.05) is 401 Å². The smallest absolute Gasteiger partial charge is 0.462 e. The van der Waals surface area contributed by atoms with E-state index >= 15 is 0 Å². The summed E-state index contributed by atoms with van der Waals surface area (Å²) in [5.74, 6) is -1.33. The molecule has 0 aliphatic heterocycles. The van der Waals surface area contributed by atoms with Crippen LogP contribution in [0, 0.1) is 5.92 Å². The van der Waals surface area contributed by atoms with Crippen molar-refractivity contribution < 1.29 is 80.2 Å². The second kappa shape index (κ2) is 76.8. The Morgan fingerprint density at radius 3 is 0.660 bits per heavy atom. The lowest BCUT2D eigenvalue weighted by atomic mass is 10.0. The maximum atomic E-state index is 13.1. The molecule has 17 nitrogen and oxygen atoms in total. The van der Waals surface area contributed by atoms with Crippen LogP contribution in [0.3, 0.4) is 0 Å². The molecule has 0 heterocycles. The highest BCUT2D eigenvalue weighted by Gasteiger charge is 2.30. The van der Waals surface area contributed by atoms with Crippen molar-refractivity contribution >= 4 is 39.5 Å². The Morgan fingerprint density at radius 1 is 0.262 bits per heavy atom. The number of esters is 4. The SMILES string of the molecule is CCCCCCCCCCCCCCCCCCCCCCC(=O)O[C@H](COC(=O)CCCCCCCCCCCCCCCCCCCCC)COP(=O)(O)OC[C@@H](O)COP(=O)(O)OC[C@@H](COC(=O)CCCCCCCCCCC)OC(=O)CCCCCCCCCCCCCCC(C)C. The molecule has 0 radical (unpaired) electrons. The number of aliphatic hydroxyl groups excluding tert-OH is 1. The highest BCUT2D eigenvalue weighted by atomic mass is 31.2. The van der Waals surface area contributed by atoms with E-state index in [4.69, 9.17) is 37.0 Å². The monoisotopic (exact) mass is 1510 g/mol. The second-order valence-corrected chi connectivity index (χ2v) is 33.6. The number of carbonyl (C=O) groups is 4. The van der Waals surface area contributed by atoms with E-state index in [1.165, 1.54) is 276 Å². The van der Waals surface area contributed by atoms with Crippen molar-refractivity contribution in [3.8, 4) is 0 Å². The maximum absolute atomic E-state index is 13.1. The fourth-order valence-corrected chi connectivity index (χ4v) is 14.7. The molecule has 2 unspecified atom stereocenters. The largest absolute Gasteiger partial charge is 0.472 e. The van der Waals surface area contributed by atoms with Crippen molar-refractivity contribution in [2.24, 2.45) is 5.92 Å². The topological polar surface area (TPSA) is 237 Å². The molecule has 0 rings (SSSR count). The number of phosphoric acid groups is 2. The van der Waals surface area contributed by atoms with Crippen LogP contribution in [0.4, 0.5) is 0 Å². The van der Waals surface area contributed by atoms with Gasteiger partial charge >= 0.3 is 39.5 Å². The van der Waals surface area contributed by atoms with Gasteiger partial charge in [-0.15, -0.1) is 0 Å². The molecule has 103 heavy (non-hydrogen) atoms. The van der Waals surface area contributed by atoms with E-state index in [0.29, 0.717) is 25.7 Å². The zero-order chi connectivity index (χ0) is 75.5. The van der Waals surface area contributed by atoms with Crippen LogP contribution in [0.25, 0.3) is 0 Å². The zero-order valence-corrected chi connectivity index (χ0v) is 69.3. The van der Waals surface area contributed by atoms with Crippen LogP contribution in [-0.4, -0.2) is 96.7 Å². The van der Waals surface area contributed by atoms with Crippen molar-refractivity contribution in [2.75, 3.05) is 39.6 Å². The molecule has 0 saturated carbocycles. The van der Waals surface area contributed by atoms with Gasteiger partial charge in [0.15, 0.2) is 12.2 Å². The number of rotatable bonds is 84. The standard InChI is InChI=1S/C84H164O17P2/c1-6-9-12-15-18-21-23-25-27-29-31-33-35-37-39-44-49-54-59-64-69-83(88)101-80(74-95-82(87)68-63-58-53-48-43-38-36-34-32-30-28-26-24-22-19-16-13-10-7-2)76-99-103(92,93)97-72-78(85)71-96-102(90,91)98-75-79(73-94-81(86)67-62-57-52-46-20-17-14-11-8-3)100-84(89)70-65-60-55-50-45-41-40-42-47-51-56-61-66-77(4)5/h77-80,85H,6-76H2,1-5H3,(H,90,91)(H,92,93)/t78-,79+,80+/m0/s1. The molecule has 0 aromatic rings. The summed E-state index contributed by atoms with van der Waals surface area (Å²) in [5.41, 5.74) is 0. The molecule has 0 amide bonds. The lowest BCUT2D eigenvalue weighted by Crippen LogP contribution is -2.30. The van der Waals surface area contributed by atoms with E-state index in [1.54, 1.807) is 0 Å². The van der Waals surface area contributed by atoms with Crippen molar-refractivity contribution in [1.29, 1.82) is 0 Å². The Kier molecular flexibility index (Phi) is 75.4. The molecule has 0 aromatic carbocycles. The third-order valence-electron chi connectivity index (χ3n) is 19.8. The summed E-state index contributed by atoms with van der Waals surface area (Å²) in [6.45, 7) is 7.34. The van der Waals surface area contributed by atoms with E-state index in [2.05, 4.69) is 34.6 Å². The first-order valence-corrected chi connectivity index (χ1v) is 46.6. The summed E-state index contributed by atoms with van der Waals surface area (Å²) in [6.07, 6.45) is 69.5. The van der Waals surface area contributed by atoms with Gasteiger partial charge in [-0.2, -0.15) is 0 Å². The molecule has 612 valence electrons. The number of hydrogen-bond donors (Lipinski definition) is 3. The first-order valence-electron chi connectivity index (χ1n) is 43.6. The molecule has 0 fully saturated rings. The minimum Gasteiger partial charge on any atom is -0.462 e. The van der Waals surface area contributed by atoms with Gasteiger partial charge < -0.3 is 33.8 Å². The summed E-state index contributed by atoms with van der Waals surface area (Å²) in [4.78, 5) is 73.1. The first-order chi connectivity index (χ1) is 50.0. The second-order valence-electron chi connectivity index (χ2n) is 30.7. The van der Waals surface area contributed by atoms with Crippen LogP contribution in [0.1, 0.15) is 452 Å². The Labute approximate surface area is 632 Å². The molecule has 0 aliphatic rings. The van der Waals surface area contributed by atoms with E-state index in [-0.39, 0.29) is 25.7 Å². The van der Waals surface area contributed by atoms with Crippen molar-refractivity contribution in [3.63, 3.8) is 0 Å². The highest BCUT2D eigenvalue weighted by molar-refractivity contribution is 7.47. The Morgan fingerprint density at radius 2 is 0.447 bits per heavy atom. The van der Waals surface area contributed by atoms with Crippen LogP contribution in [0.5, 0.6) is 0 Å². The van der Waals surface area contributed by atoms with E-state index in [0.717, 1.165) is 95.8 Å². The third-order valence-corrected chi connectivity index (χ3v) is 21.7. The number of hydrogen-bond acceptors (Lipinski definition) is 15. The molecular formula is C84H164O17P2. The number of unbranched alkanes of at least 4 members (excludes halogenated alkanes) is 56. The van der Waals surface area contributed by atoms with Gasteiger partial charge in [-0.3, -0.25) is 37.3 Å². The van der Waals surface area contributed by atoms with Gasteiger partial charge in [-0.05, 0) is 31.6 Å². The van der Waals surface area contributed by atoms with Gasteiger partial charge in [0.1, 0.15) is 19.3 Å². The molecule has 5 atom stereocenters. The molecule has 0 spiro atoms. The Balaban J connectivity index is 5.21. The summed E-state index contributed by atoms with van der Waals surface area (Å²) in [7, 11) is -9.92. The zero-order valence-electron chi connectivity index (χ0n) is 67.5. The number of phosphoric ester groups is 2. The van der Waals surface area contributed by atoms with Crippen molar-refractivity contribution in [1.82, 2.24) is 0 Å². The van der Waals surface area contributed by atoms with Gasteiger partial charge in [0, 0.05) is 25.7 Å². The van der Waals surface area contributed by atoms with Gasteiger partial charge in [0.25, 0.3) is 0 Å². The summed E-state index contributed by atoms with van der Waals surface area (Å²) in [6, 6.07) is 0. The fourth-order valence-electron chi connectivity index (χ4n) is 13.1. The maximum Gasteiger partial charge on any atom is 0.472 e. The normalized spacial score (nSPS) is 13.8. The van der Waals surface area contributed by atoms with Crippen molar-refractivity contribution in [3.05, 3.63) is 0 Å². The molecule has 0 aromatic heterocycles. The van der Waals surface area contributed by atoms with E-state index in [1.807, 2.05) is 0 Å². The third kappa shape index (κ3) is 78.0. The summed E-state index contributed by atoms with van der Waals surface area (Å²) < 4.78 is 68.8. The Bertz CT molecular complexity index is 1960. The molecule has 0 bridgehead atoms. The predicted molar refractivity (Wildman–Crippen MR) is 423 cm³/mol. The average Bonchev–Trinajstić information content (AvgIpc) is 0.909. The van der Waals surface area contributed by atoms with E-state index < -0.39 is 97.5 Å². The van der Waals surface area contributed by atoms with Crippen LogP contribution in [-0.2, 0) is 65.4 Å². The number of carbonyl (C=O) groups excluding carboxylic acids is 4. The van der Waals surface area contributed by atoms with Gasteiger partial charge in [-0.25, -0.2) is 9.13 Å². The van der Waals surface area contributed by atoms with Crippen molar-refractivity contribution in [2.45, 2.75) is 470 Å². The molecule has 19 heteroatoms. The average molecular weight is 1510 g/mol. The first kappa shape index (κ1) is 101. The number of aliphatic hydroxyl groups is 1. The molecule has 0 saturated heterocycles. The quantitative estimate of drug-likeness (QED) is 0.0222. The van der Waals surface area contributed by atoms with Crippen LogP contribution < -0.4 is 0 Å². The summed E-state index contributed by atoms with van der Waals surface area (Å²) in [5, 5.41) is 10.7. The lowest BCUT2D eigenvalue weighted by Gasteiger charge is -2.21. The predicted octanol–water partition coefficient (Wildman–Crippen LogP) is 25.6. The molecule has 3 N–H and O–H groups in total. The minimum absolute atomic E-state index is 0.107. The number of ether oxygens (including phenoxy) is 4.